The number of hydrogen-bond donors (Lipinski definition) is 1. The third-order valence-electron chi connectivity index (χ3n) is 4.87. The molecule has 1 aromatic heterocycles. The highest BCUT2D eigenvalue weighted by Crippen LogP contribution is 2.43. The van der Waals surface area contributed by atoms with Gasteiger partial charge in [-0.2, -0.15) is 0 Å². The van der Waals surface area contributed by atoms with E-state index in [9.17, 15) is 5.11 Å². The van der Waals surface area contributed by atoms with E-state index in [2.05, 4.69) is 4.98 Å². The molecule has 0 amide bonds. The van der Waals surface area contributed by atoms with Crippen LogP contribution >= 0.6 is 0 Å². The lowest BCUT2D eigenvalue weighted by Gasteiger charge is -2.44. The van der Waals surface area contributed by atoms with E-state index in [0.29, 0.717) is 0 Å². The van der Waals surface area contributed by atoms with Crippen molar-refractivity contribution < 1.29 is 9.84 Å². The van der Waals surface area contributed by atoms with Crippen LogP contribution in [0.1, 0.15) is 56.9 Å². The van der Waals surface area contributed by atoms with E-state index in [1.165, 1.54) is 19.3 Å². The average Bonchev–Trinajstić information content (AvgIpc) is 2.85. The molecule has 1 N–H and O–H groups in total. The van der Waals surface area contributed by atoms with E-state index < -0.39 is 6.10 Å². The van der Waals surface area contributed by atoms with Gasteiger partial charge in [-0.3, -0.25) is 0 Å². The van der Waals surface area contributed by atoms with Crippen molar-refractivity contribution in [3.05, 3.63) is 18.2 Å². The molecule has 2 atom stereocenters. The van der Waals surface area contributed by atoms with Crippen LogP contribution in [0.3, 0.4) is 0 Å². The molecule has 4 heteroatoms. The minimum absolute atomic E-state index is 0.0489. The van der Waals surface area contributed by atoms with Crippen molar-refractivity contribution in [2.75, 3.05) is 6.61 Å². The van der Waals surface area contributed by atoms with Crippen LogP contribution < -0.4 is 0 Å². The van der Waals surface area contributed by atoms with Crippen LogP contribution in [0.15, 0.2) is 12.4 Å². The molecule has 1 aliphatic carbocycles. The molecule has 3 rings (SSSR count). The Hall–Kier alpha value is -0.870. The maximum atomic E-state index is 10.6. The largest absolute Gasteiger partial charge is 0.385 e. The molecule has 1 aromatic rings. The Balaban J connectivity index is 1.72. The zero-order chi connectivity index (χ0) is 13.3. The van der Waals surface area contributed by atoms with Gasteiger partial charge in [-0.1, -0.05) is 19.3 Å². The topological polar surface area (TPSA) is 47.3 Å². The highest BCUT2D eigenvalue weighted by molar-refractivity contribution is 5.01. The molecule has 2 unspecified atom stereocenters. The number of aromatic nitrogens is 2. The summed E-state index contributed by atoms with van der Waals surface area (Å²) in [6.45, 7) is 0.784. The molecular weight excluding hydrogens is 240 g/mol. The van der Waals surface area contributed by atoms with E-state index in [0.717, 1.165) is 38.1 Å². The van der Waals surface area contributed by atoms with E-state index in [-0.39, 0.29) is 11.5 Å². The first kappa shape index (κ1) is 13.1. The van der Waals surface area contributed by atoms with Gasteiger partial charge in [-0.05, 0) is 31.6 Å². The first-order valence-corrected chi connectivity index (χ1v) is 7.49. The van der Waals surface area contributed by atoms with Gasteiger partial charge in [0.05, 0.1) is 5.60 Å². The summed E-state index contributed by atoms with van der Waals surface area (Å²) in [5.74, 6) is 1.07. The van der Waals surface area contributed by atoms with Crippen molar-refractivity contribution in [1.29, 1.82) is 0 Å². The quantitative estimate of drug-likeness (QED) is 0.893. The van der Waals surface area contributed by atoms with E-state index in [4.69, 9.17) is 4.74 Å². The fourth-order valence-corrected chi connectivity index (χ4v) is 3.75. The molecule has 106 valence electrons. The SMILES string of the molecule is Cn1ccnc1C(O)C1CCOC2(CCCCC2)C1. The van der Waals surface area contributed by atoms with Gasteiger partial charge in [-0.15, -0.1) is 0 Å². The van der Waals surface area contributed by atoms with E-state index in [1.54, 1.807) is 6.20 Å². The molecule has 0 bridgehead atoms. The number of aliphatic hydroxyl groups excluding tert-OH is 1. The Morgan fingerprint density at radius 1 is 1.42 bits per heavy atom. The van der Waals surface area contributed by atoms with Crippen molar-refractivity contribution in [1.82, 2.24) is 9.55 Å². The van der Waals surface area contributed by atoms with Gasteiger partial charge in [-0.25, -0.2) is 4.98 Å². The minimum Gasteiger partial charge on any atom is -0.385 e. The Bertz CT molecular complexity index is 418. The molecule has 1 saturated carbocycles. The van der Waals surface area contributed by atoms with Gasteiger partial charge in [0.15, 0.2) is 0 Å². The molecule has 0 aromatic carbocycles. The van der Waals surface area contributed by atoms with Crippen molar-refractivity contribution in [3.63, 3.8) is 0 Å². The lowest BCUT2D eigenvalue weighted by molar-refractivity contribution is -0.135. The number of hydrogen-bond acceptors (Lipinski definition) is 3. The second-order valence-corrected chi connectivity index (χ2v) is 6.19. The number of rotatable bonds is 2. The molecule has 1 saturated heterocycles. The number of imidazole rings is 1. The van der Waals surface area contributed by atoms with Crippen LogP contribution in [0, 0.1) is 5.92 Å². The molecule has 2 fully saturated rings. The predicted octanol–water partition coefficient (Wildman–Crippen LogP) is 2.58. The zero-order valence-electron chi connectivity index (χ0n) is 11.7. The van der Waals surface area contributed by atoms with Gasteiger partial charge in [0, 0.05) is 26.0 Å². The standard InChI is InChI=1S/C15H24N2O2/c1-17-9-8-16-14(17)13(18)12-5-10-19-15(11-12)6-3-2-4-7-15/h8-9,12-13,18H,2-7,10-11H2,1H3. The molecule has 1 aliphatic heterocycles. The Labute approximate surface area is 114 Å². The summed E-state index contributed by atoms with van der Waals surface area (Å²) >= 11 is 0. The van der Waals surface area contributed by atoms with Gasteiger partial charge >= 0.3 is 0 Å². The van der Waals surface area contributed by atoms with Gasteiger partial charge < -0.3 is 14.4 Å². The summed E-state index contributed by atoms with van der Waals surface area (Å²) in [6.07, 6.45) is 11.3. The zero-order valence-corrected chi connectivity index (χ0v) is 11.7. The molecule has 2 aliphatic rings. The molecule has 4 nitrogen and oxygen atoms in total. The van der Waals surface area contributed by atoms with Crippen LogP contribution in [0.2, 0.25) is 0 Å². The summed E-state index contributed by atoms with van der Waals surface area (Å²) in [4.78, 5) is 4.30. The predicted molar refractivity (Wildman–Crippen MR) is 72.7 cm³/mol. The first-order valence-electron chi connectivity index (χ1n) is 7.49. The highest BCUT2D eigenvalue weighted by atomic mass is 16.5. The van der Waals surface area contributed by atoms with Crippen molar-refractivity contribution in [3.8, 4) is 0 Å². The number of nitrogens with zero attached hydrogens (tertiary/aromatic N) is 2. The van der Waals surface area contributed by atoms with Crippen LogP contribution in [-0.4, -0.2) is 26.9 Å². The Morgan fingerprint density at radius 3 is 2.89 bits per heavy atom. The highest BCUT2D eigenvalue weighted by Gasteiger charge is 2.41. The molecule has 19 heavy (non-hydrogen) atoms. The fraction of sp³-hybridized carbons (Fsp3) is 0.800. The van der Waals surface area contributed by atoms with E-state index >= 15 is 0 Å². The Kier molecular flexibility index (Phi) is 3.63. The van der Waals surface area contributed by atoms with Crippen LogP contribution in [0.5, 0.6) is 0 Å². The lowest BCUT2D eigenvalue weighted by Crippen LogP contribution is -2.43. The summed E-state index contributed by atoms with van der Waals surface area (Å²) in [5, 5.41) is 10.6. The maximum Gasteiger partial charge on any atom is 0.137 e. The van der Waals surface area contributed by atoms with Gasteiger partial charge in [0.25, 0.3) is 0 Å². The maximum absolute atomic E-state index is 10.6. The molecule has 2 heterocycles. The van der Waals surface area contributed by atoms with E-state index in [1.807, 2.05) is 17.8 Å². The van der Waals surface area contributed by atoms with Gasteiger partial charge in [0.2, 0.25) is 0 Å². The third-order valence-corrected chi connectivity index (χ3v) is 4.87. The Morgan fingerprint density at radius 2 is 2.21 bits per heavy atom. The third kappa shape index (κ3) is 2.56. The lowest BCUT2D eigenvalue weighted by atomic mass is 9.74. The summed E-state index contributed by atoms with van der Waals surface area (Å²) in [5.41, 5.74) is 0.0489. The summed E-state index contributed by atoms with van der Waals surface area (Å²) in [6, 6.07) is 0. The normalized spacial score (nSPS) is 28.4. The smallest absolute Gasteiger partial charge is 0.137 e. The van der Waals surface area contributed by atoms with Crippen LogP contribution in [-0.2, 0) is 11.8 Å². The number of aryl methyl sites for hydroxylation is 1. The molecule has 1 spiro atoms. The van der Waals surface area contributed by atoms with Crippen molar-refractivity contribution in [2.24, 2.45) is 13.0 Å². The minimum atomic E-state index is -0.456. The first-order chi connectivity index (χ1) is 9.20. The second kappa shape index (κ2) is 5.25. The number of ether oxygens (including phenoxy) is 1. The van der Waals surface area contributed by atoms with Crippen LogP contribution in [0.25, 0.3) is 0 Å². The number of aliphatic hydroxyl groups is 1. The summed E-state index contributed by atoms with van der Waals surface area (Å²) < 4.78 is 8.02. The second-order valence-electron chi connectivity index (χ2n) is 6.19. The summed E-state index contributed by atoms with van der Waals surface area (Å²) in [7, 11) is 1.95. The average molecular weight is 264 g/mol. The fourth-order valence-electron chi connectivity index (χ4n) is 3.75. The monoisotopic (exact) mass is 264 g/mol. The van der Waals surface area contributed by atoms with Crippen molar-refractivity contribution >= 4 is 0 Å². The molecular formula is C15H24N2O2. The van der Waals surface area contributed by atoms with Gasteiger partial charge in [0.1, 0.15) is 11.9 Å². The molecule has 0 radical (unpaired) electrons. The van der Waals surface area contributed by atoms with Crippen LogP contribution in [0.4, 0.5) is 0 Å². The van der Waals surface area contributed by atoms with Crippen molar-refractivity contribution in [2.45, 2.75) is 56.7 Å².